The first-order valence-electron chi connectivity index (χ1n) is 9.75. The largest absolute Gasteiger partial charge is 0.496 e. The minimum Gasteiger partial charge on any atom is -0.496 e. The van der Waals surface area contributed by atoms with Crippen molar-refractivity contribution in [3.05, 3.63) is 65.2 Å². The zero-order chi connectivity index (χ0) is 19.8. The van der Waals surface area contributed by atoms with Crippen molar-refractivity contribution in [3.8, 4) is 5.75 Å². The quantitative estimate of drug-likeness (QED) is 0.823. The van der Waals surface area contributed by atoms with Gasteiger partial charge in [-0.3, -0.25) is 9.59 Å². The van der Waals surface area contributed by atoms with E-state index >= 15 is 0 Å². The molecule has 0 radical (unpaired) electrons. The van der Waals surface area contributed by atoms with Crippen molar-refractivity contribution in [3.63, 3.8) is 0 Å². The van der Waals surface area contributed by atoms with Gasteiger partial charge >= 0.3 is 0 Å². The van der Waals surface area contributed by atoms with E-state index in [1.165, 1.54) is 0 Å². The summed E-state index contributed by atoms with van der Waals surface area (Å²) in [7, 11) is 1.59. The molecule has 0 bridgehead atoms. The van der Waals surface area contributed by atoms with Gasteiger partial charge in [0, 0.05) is 38.4 Å². The number of nitrogens with zero attached hydrogens (tertiary/aromatic N) is 2. The summed E-state index contributed by atoms with van der Waals surface area (Å²) >= 11 is 0. The molecule has 2 heterocycles. The molecular weight excluding hydrogens is 352 g/mol. The molecule has 2 aliphatic heterocycles. The van der Waals surface area contributed by atoms with Crippen LogP contribution in [0, 0.1) is 18.8 Å². The lowest BCUT2D eigenvalue weighted by atomic mass is 9.89. The van der Waals surface area contributed by atoms with Gasteiger partial charge in [0.25, 0.3) is 5.91 Å². The fourth-order valence-electron chi connectivity index (χ4n) is 4.77. The predicted octanol–water partition coefficient (Wildman–Crippen LogP) is 3.30. The number of hydrogen-bond acceptors (Lipinski definition) is 3. The second kappa shape index (κ2) is 7.30. The summed E-state index contributed by atoms with van der Waals surface area (Å²) in [5.41, 5.74) is 2.79. The number of amides is 2. The zero-order valence-corrected chi connectivity index (χ0v) is 16.6. The maximum Gasteiger partial charge on any atom is 0.257 e. The highest BCUT2D eigenvalue weighted by molar-refractivity contribution is 5.97. The van der Waals surface area contributed by atoms with E-state index in [0.29, 0.717) is 36.9 Å². The molecule has 2 aromatic carbocycles. The monoisotopic (exact) mass is 378 g/mol. The standard InChI is InChI=1S/C23H26N2O3/c1-15-9-10-21(28-3)19(11-15)23(27)24-12-18-13-25(16(2)26)22(20(18)14-24)17-7-5-4-6-8-17/h4-11,18,20,22H,12-14H2,1-3H3/t18-,20-,22-/m1/s1. The van der Waals surface area contributed by atoms with Gasteiger partial charge < -0.3 is 14.5 Å². The lowest BCUT2D eigenvalue weighted by Crippen LogP contribution is -2.36. The summed E-state index contributed by atoms with van der Waals surface area (Å²) in [6, 6.07) is 15.9. The van der Waals surface area contributed by atoms with Crippen molar-refractivity contribution in [2.24, 2.45) is 11.8 Å². The minimum absolute atomic E-state index is 0.0103. The molecule has 2 amide bonds. The summed E-state index contributed by atoms with van der Waals surface area (Å²) in [5.74, 6) is 1.27. The summed E-state index contributed by atoms with van der Waals surface area (Å²) in [6.07, 6.45) is 0. The molecule has 0 spiro atoms. The number of carbonyl (C=O) groups excluding carboxylic acids is 2. The molecule has 0 aliphatic carbocycles. The van der Waals surface area contributed by atoms with Crippen molar-refractivity contribution in [2.75, 3.05) is 26.7 Å². The Kier molecular flexibility index (Phi) is 4.84. The summed E-state index contributed by atoms with van der Waals surface area (Å²) in [6.45, 7) is 5.65. The van der Waals surface area contributed by atoms with Crippen LogP contribution < -0.4 is 4.74 Å². The van der Waals surface area contributed by atoms with Crippen LogP contribution >= 0.6 is 0 Å². The van der Waals surface area contributed by atoms with Gasteiger partial charge in [-0.15, -0.1) is 0 Å². The van der Waals surface area contributed by atoms with E-state index in [9.17, 15) is 9.59 Å². The van der Waals surface area contributed by atoms with Crippen LogP contribution in [0.1, 0.15) is 34.5 Å². The molecule has 5 nitrogen and oxygen atoms in total. The number of ether oxygens (including phenoxy) is 1. The van der Waals surface area contributed by atoms with Gasteiger partial charge in [-0.05, 0) is 24.6 Å². The normalized spacial score (nSPS) is 23.6. The fourth-order valence-corrected chi connectivity index (χ4v) is 4.77. The van der Waals surface area contributed by atoms with Crippen molar-refractivity contribution >= 4 is 11.8 Å². The van der Waals surface area contributed by atoms with Crippen molar-refractivity contribution in [1.29, 1.82) is 0 Å². The van der Waals surface area contributed by atoms with Gasteiger partial charge in [0.1, 0.15) is 5.75 Å². The van der Waals surface area contributed by atoms with E-state index in [2.05, 4.69) is 12.1 Å². The Labute approximate surface area is 165 Å². The van der Waals surface area contributed by atoms with Crippen LogP contribution in [0.4, 0.5) is 0 Å². The van der Waals surface area contributed by atoms with Crippen LogP contribution in [0.2, 0.25) is 0 Å². The van der Waals surface area contributed by atoms with Crippen molar-refractivity contribution in [2.45, 2.75) is 19.9 Å². The average molecular weight is 378 g/mol. The van der Waals surface area contributed by atoms with E-state index in [-0.39, 0.29) is 23.8 Å². The highest BCUT2D eigenvalue weighted by atomic mass is 16.5. The van der Waals surface area contributed by atoms with E-state index in [0.717, 1.165) is 11.1 Å². The molecule has 4 rings (SSSR count). The Morgan fingerprint density at radius 2 is 1.79 bits per heavy atom. The van der Waals surface area contributed by atoms with Crippen molar-refractivity contribution < 1.29 is 14.3 Å². The zero-order valence-electron chi connectivity index (χ0n) is 16.6. The van der Waals surface area contributed by atoms with Crippen LogP contribution in [0.25, 0.3) is 0 Å². The molecule has 2 aliphatic rings. The van der Waals surface area contributed by atoms with Gasteiger partial charge in [0.2, 0.25) is 5.91 Å². The van der Waals surface area contributed by atoms with Crippen LogP contribution in [0.3, 0.4) is 0 Å². The lowest BCUT2D eigenvalue weighted by Gasteiger charge is -2.29. The Morgan fingerprint density at radius 1 is 1.04 bits per heavy atom. The Hall–Kier alpha value is -2.82. The van der Waals surface area contributed by atoms with Crippen LogP contribution in [0.5, 0.6) is 5.75 Å². The molecule has 2 aromatic rings. The molecule has 0 N–H and O–H groups in total. The maximum atomic E-state index is 13.2. The number of aryl methyl sites for hydroxylation is 1. The molecule has 3 atom stereocenters. The van der Waals surface area contributed by atoms with E-state index < -0.39 is 0 Å². The predicted molar refractivity (Wildman–Crippen MR) is 107 cm³/mol. The number of hydrogen-bond donors (Lipinski definition) is 0. The smallest absolute Gasteiger partial charge is 0.257 e. The van der Waals surface area contributed by atoms with Gasteiger partial charge in [-0.1, -0.05) is 42.0 Å². The number of methoxy groups -OCH3 is 1. The Balaban J connectivity index is 1.61. The molecule has 0 aromatic heterocycles. The average Bonchev–Trinajstić information content (AvgIpc) is 3.26. The van der Waals surface area contributed by atoms with Gasteiger partial charge in [-0.25, -0.2) is 0 Å². The highest BCUT2D eigenvalue weighted by Gasteiger charge is 2.49. The second-order valence-corrected chi connectivity index (χ2v) is 7.86. The molecule has 0 unspecified atom stereocenters. The van der Waals surface area contributed by atoms with Gasteiger partial charge in [0.05, 0.1) is 18.7 Å². The topological polar surface area (TPSA) is 49.9 Å². The number of fused-ring (bicyclic) bond motifs is 1. The third-order valence-electron chi connectivity index (χ3n) is 6.08. The van der Waals surface area contributed by atoms with E-state index in [4.69, 9.17) is 4.74 Å². The third kappa shape index (κ3) is 3.15. The number of rotatable bonds is 3. The number of likely N-dealkylation sites (tertiary alicyclic amines) is 2. The van der Waals surface area contributed by atoms with E-state index in [1.807, 2.05) is 53.1 Å². The minimum atomic E-state index is 0.0103. The fraction of sp³-hybridized carbons (Fsp3) is 0.391. The molecule has 5 heteroatoms. The second-order valence-electron chi connectivity index (χ2n) is 7.86. The first-order valence-corrected chi connectivity index (χ1v) is 9.75. The van der Waals surface area contributed by atoms with Crippen LogP contribution in [-0.4, -0.2) is 48.4 Å². The van der Waals surface area contributed by atoms with Crippen LogP contribution in [-0.2, 0) is 4.79 Å². The summed E-state index contributed by atoms with van der Waals surface area (Å²) in [4.78, 5) is 29.4. The number of benzene rings is 2. The van der Waals surface area contributed by atoms with Crippen molar-refractivity contribution in [1.82, 2.24) is 9.80 Å². The summed E-state index contributed by atoms with van der Waals surface area (Å²) in [5, 5.41) is 0. The molecular formula is C23H26N2O3. The Morgan fingerprint density at radius 3 is 2.46 bits per heavy atom. The first kappa shape index (κ1) is 18.5. The molecule has 0 saturated carbocycles. The third-order valence-corrected chi connectivity index (χ3v) is 6.08. The molecule has 2 fully saturated rings. The Bertz CT molecular complexity index is 896. The SMILES string of the molecule is COc1ccc(C)cc1C(=O)N1C[C@@H]2CN(C(C)=O)[C@H](c3ccccc3)[C@@H]2C1. The summed E-state index contributed by atoms with van der Waals surface area (Å²) < 4.78 is 5.41. The molecule has 28 heavy (non-hydrogen) atoms. The first-order chi connectivity index (χ1) is 13.5. The lowest BCUT2D eigenvalue weighted by molar-refractivity contribution is -0.130. The highest BCUT2D eigenvalue weighted by Crippen LogP contribution is 2.45. The molecule has 146 valence electrons. The van der Waals surface area contributed by atoms with E-state index in [1.54, 1.807) is 14.0 Å². The maximum absolute atomic E-state index is 13.2. The molecule has 2 saturated heterocycles. The van der Waals surface area contributed by atoms with Gasteiger partial charge in [-0.2, -0.15) is 0 Å². The number of carbonyl (C=O) groups is 2. The van der Waals surface area contributed by atoms with Gasteiger partial charge in [0.15, 0.2) is 0 Å². The van der Waals surface area contributed by atoms with Crippen LogP contribution in [0.15, 0.2) is 48.5 Å².